The van der Waals surface area contributed by atoms with E-state index in [1.54, 1.807) is 28.5 Å². The van der Waals surface area contributed by atoms with Crippen molar-refractivity contribution < 1.29 is 26.4 Å². The molecule has 1 aromatic carbocycles. The van der Waals surface area contributed by atoms with Crippen molar-refractivity contribution in [2.24, 2.45) is 0 Å². The Balaban J connectivity index is 1.40. The van der Waals surface area contributed by atoms with Crippen LogP contribution in [-0.2, 0) is 24.8 Å². The number of ether oxygens (including phenoxy) is 1. The van der Waals surface area contributed by atoms with Gasteiger partial charge < -0.3 is 9.64 Å². The van der Waals surface area contributed by atoms with Gasteiger partial charge in [0.25, 0.3) is 15.9 Å². The van der Waals surface area contributed by atoms with Crippen LogP contribution in [0.2, 0.25) is 0 Å². The highest BCUT2D eigenvalue weighted by atomic mass is 32.2. The number of benzene rings is 1. The molecule has 174 valence electrons. The minimum atomic E-state index is -3.77. The first-order chi connectivity index (χ1) is 15.3. The molecule has 3 heterocycles. The van der Waals surface area contributed by atoms with E-state index in [9.17, 15) is 21.6 Å². The van der Waals surface area contributed by atoms with Crippen LogP contribution in [0.15, 0.2) is 50.9 Å². The molecule has 0 saturated carbocycles. The van der Waals surface area contributed by atoms with Gasteiger partial charge in [-0.3, -0.25) is 4.79 Å². The van der Waals surface area contributed by atoms with Crippen molar-refractivity contribution in [2.75, 3.05) is 39.3 Å². The quantitative estimate of drug-likeness (QED) is 0.615. The van der Waals surface area contributed by atoms with Crippen molar-refractivity contribution in [3.8, 4) is 0 Å². The van der Waals surface area contributed by atoms with Crippen LogP contribution in [0.5, 0.6) is 0 Å². The molecule has 0 aliphatic carbocycles. The predicted molar refractivity (Wildman–Crippen MR) is 120 cm³/mol. The lowest BCUT2D eigenvalue weighted by atomic mass is 10.2. The number of hydrogen-bond donors (Lipinski definition) is 1. The van der Waals surface area contributed by atoms with Crippen LogP contribution in [-0.4, -0.2) is 77.4 Å². The predicted octanol–water partition coefficient (Wildman–Crippen LogP) is 1.35. The van der Waals surface area contributed by atoms with Gasteiger partial charge in [-0.25, -0.2) is 21.6 Å². The fourth-order valence-corrected chi connectivity index (χ4v) is 7.42. The second-order valence-electron chi connectivity index (χ2n) is 7.64. The van der Waals surface area contributed by atoms with Gasteiger partial charge in [-0.15, -0.1) is 11.3 Å². The van der Waals surface area contributed by atoms with Gasteiger partial charge in [0.2, 0.25) is 10.0 Å². The number of carbonyl (C=O) groups is 1. The third-order valence-electron chi connectivity index (χ3n) is 5.53. The Morgan fingerprint density at radius 3 is 2.53 bits per heavy atom. The van der Waals surface area contributed by atoms with Gasteiger partial charge in [0.05, 0.1) is 11.0 Å². The number of thiophene rings is 1. The average Bonchev–Trinajstić information content (AvgIpc) is 3.52. The summed E-state index contributed by atoms with van der Waals surface area (Å²) in [4.78, 5) is 14.5. The van der Waals surface area contributed by atoms with Crippen LogP contribution < -0.4 is 4.72 Å². The number of sulfonamides is 2. The number of carbonyl (C=O) groups excluding carboxylic acids is 1. The highest BCUT2D eigenvalue weighted by Crippen LogP contribution is 2.23. The minimum absolute atomic E-state index is 0.0141. The summed E-state index contributed by atoms with van der Waals surface area (Å²) in [6.07, 6.45) is 1.60. The van der Waals surface area contributed by atoms with Gasteiger partial charge in [0.15, 0.2) is 0 Å². The summed E-state index contributed by atoms with van der Waals surface area (Å²) in [6, 6.07) is 9.15. The van der Waals surface area contributed by atoms with Crippen molar-refractivity contribution in [2.45, 2.75) is 28.1 Å². The third-order valence-corrected chi connectivity index (χ3v) is 10.2. The van der Waals surface area contributed by atoms with E-state index in [0.717, 1.165) is 24.2 Å². The summed E-state index contributed by atoms with van der Waals surface area (Å²) < 4.78 is 60.3. The maximum Gasteiger partial charge on any atom is 0.253 e. The Kier molecular flexibility index (Phi) is 6.98. The lowest BCUT2D eigenvalue weighted by molar-refractivity contribution is 0.0697. The van der Waals surface area contributed by atoms with Crippen molar-refractivity contribution in [3.05, 3.63) is 47.3 Å². The Labute approximate surface area is 192 Å². The number of nitrogens with zero attached hydrogens (tertiary/aromatic N) is 2. The fourth-order valence-electron chi connectivity index (χ4n) is 3.74. The Morgan fingerprint density at radius 2 is 1.88 bits per heavy atom. The molecule has 2 saturated heterocycles. The number of amides is 1. The van der Waals surface area contributed by atoms with E-state index < -0.39 is 20.0 Å². The lowest BCUT2D eigenvalue weighted by Crippen LogP contribution is -2.50. The summed E-state index contributed by atoms with van der Waals surface area (Å²) in [5.74, 6) is -0.325. The average molecular weight is 500 g/mol. The van der Waals surface area contributed by atoms with Crippen LogP contribution in [0.4, 0.5) is 0 Å². The topological polar surface area (TPSA) is 113 Å². The lowest BCUT2D eigenvalue weighted by Gasteiger charge is -2.33. The molecular formula is C20H25N3O6S3. The van der Waals surface area contributed by atoms with E-state index in [4.69, 9.17) is 4.74 Å². The Bertz CT molecular complexity index is 1150. The summed E-state index contributed by atoms with van der Waals surface area (Å²) >= 11 is 1.16. The van der Waals surface area contributed by atoms with Crippen LogP contribution in [0.25, 0.3) is 0 Å². The molecule has 4 rings (SSSR count). The molecule has 2 aliphatic rings. The first-order valence-electron chi connectivity index (χ1n) is 10.3. The largest absolute Gasteiger partial charge is 0.377 e. The number of piperazine rings is 1. The zero-order chi connectivity index (χ0) is 22.8. The molecule has 2 aliphatic heterocycles. The highest BCUT2D eigenvalue weighted by molar-refractivity contribution is 7.91. The molecule has 1 aromatic heterocycles. The first-order valence-corrected chi connectivity index (χ1v) is 14.1. The third kappa shape index (κ3) is 5.05. The number of rotatable bonds is 7. The molecule has 1 amide bonds. The van der Waals surface area contributed by atoms with Gasteiger partial charge in [0.1, 0.15) is 4.21 Å². The summed E-state index contributed by atoms with van der Waals surface area (Å²) in [6.45, 7) is 1.68. The summed E-state index contributed by atoms with van der Waals surface area (Å²) in [7, 11) is -7.33. The van der Waals surface area contributed by atoms with Gasteiger partial charge in [-0.05, 0) is 42.5 Å². The molecule has 12 heteroatoms. The van der Waals surface area contributed by atoms with Gasteiger partial charge in [-0.2, -0.15) is 4.31 Å². The van der Waals surface area contributed by atoms with E-state index in [1.165, 1.54) is 22.5 Å². The van der Waals surface area contributed by atoms with Gasteiger partial charge in [-0.1, -0.05) is 12.1 Å². The standard InChI is InChI=1S/C20H25N3O6S3/c24-20(22-8-10-23(11-9-22)32(27,28)19-7-3-13-30-19)16-4-1-6-18(14-16)31(25,26)21-15-17-5-2-12-29-17/h1,3-4,6-7,13-14,17,21H,2,5,8-12,15H2. The molecule has 0 radical (unpaired) electrons. The molecule has 1 unspecified atom stereocenters. The minimum Gasteiger partial charge on any atom is -0.377 e. The van der Waals surface area contributed by atoms with Crippen LogP contribution in [0.3, 0.4) is 0 Å². The Hall–Kier alpha value is -1.83. The number of nitrogens with one attached hydrogen (secondary N) is 1. The van der Waals surface area contributed by atoms with E-state index in [2.05, 4.69) is 4.72 Å². The first kappa shape index (κ1) is 23.3. The highest BCUT2D eigenvalue weighted by Gasteiger charge is 2.31. The maximum atomic E-state index is 13.0. The normalized spacial score (nSPS) is 20.5. The molecule has 32 heavy (non-hydrogen) atoms. The van der Waals surface area contributed by atoms with Crippen LogP contribution >= 0.6 is 11.3 Å². The molecule has 0 spiro atoms. The van der Waals surface area contributed by atoms with E-state index in [1.807, 2.05) is 0 Å². The van der Waals surface area contributed by atoms with Crippen molar-refractivity contribution in [1.29, 1.82) is 0 Å². The van der Waals surface area contributed by atoms with Crippen molar-refractivity contribution in [1.82, 2.24) is 13.9 Å². The van der Waals surface area contributed by atoms with E-state index in [-0.39, 0.29) is 59.4 Å². The molecule has 2 aromatic rings. The SMILES string of the molecule is O=C(c1cccc(S(=O)(=O)NCC2CCCO2)c1)N1CCN(S(=O)(=O)c2cccs2)CC1. The molecule has 2 fully saturated rings. The summed E-state index contributed by atoms with van der Waals surface area (Å²) in [5, 5.41) is 1.71. The fraction of sp³-hybridized carbons (Fsp3) is 0.450. The van der Waals surface area contributed by atoms with Crippen molar-refractivity contribution >= 4 is 37.3 Å². The molecule has 1 atom stereocenters. The second kappa shape index (κ2) is 9.57. The van der Waals surface area contributed by atoms with Crippen LogP contribution in [0.1, 0.15) is 23.2 Å². The maximum absolute atomic E-state index is 13.0. The van der Waals surface area contributed by atoms with Crippen molar-refractivity contribution in [3.63, 3.8) is 0 Å². The van der Waals surface area contributed by atoms with Gasteiger partial charge in [0, 0.05) is 44.9 Å². The molecular weight excluding hydrogens is 474 g/mol. The monoisotopic (exact) mass is 499 g/mol. The van der Waals surface area contributed by atoms with E-state index >= 15 is 0 Å². The van der Waals surface area contributed by atoms with Crippen LogP contribution in [0, 0.1) is 0 Å². The Morgan fingerprint density at radius 1 is 1.09 bits per heavy atom. The smallest absolute Gasteiger partial charge is 0.253 e. The number of hydrogen-bond acceptors (Lipinski definition) is 7. The van der Waals surface area contributed by atoms with Gasteiger partial charge >= 0.3 is 0 Å². The van der Waals surface area contributed by atoms with E-state index in [0.29, 0.717) is 6.61 Å². The zero-order valence-corrected chi connectivity index (χ0v) is 19.8. The molecule has 0 bridgehead atoms. The molecule has 9 nitrogen and oxygen atoms in total. The molecule has 1 N–H and O–H groups in total. The summed E-state index contributed by atoms with van der Waals surface area (Å²) in [5.41, 5.74) is 0.250. The zero-order valence-electron chi connectivity index (χ0n) is 17.3. The second-order valence-corrected chi connectivity index (χ2v) is 12.5.